The van der Waals surface area contributed by atoms with Crippen LogP contribution in [0, 0.1) is 62.3 Å². The number of nitrogens with zero attached hydrogens (tertiary/aromatic N) is 2. The third-order valence-electron chi connectivity index (χ3n) is 12.8. The second-order valence-electron chi connectivity index (χ2n) is 17.8. The van der Waals surface area contributed by atoms with E-state index in [2.05, 4.69) is 199 Å². The van der Waals surface area contributed by atoms with Crippen LogP contribution in [-0.2, 0) is 9.47 Å². The van der Waals surface area contributed by atoms with E-state index in [1.54, 1.807) is 0 Å². The Morgan fingerprint density at radius 2 is 1.05 bits per heavy atom. The standard InChI is InChI=1S/C56H59N3O2/c1-34-26-37(4)54(38(5)27-34)57-51-23-22-50(48-12-10-11-13-49(48)51)53(43-14-18-45(19-15-43)58(32-47-33-61-47)55-39(6)28-35(2)29-40(55)7)44-16-20-46(21-17-44)59(52-24-25-60-52)56-41(8)30-36(3)31-42(56)9/h10-23,26-31,47,52-53,57H,24-25,32-33H2,1-9H3. The van der Waals surface area contributed by atoms with Crippen LogP contribution < -0.4 is 15.1 Å². The summed E-state index contributed by atoms with van der Waals surface area (Å²) >= 11 is 0. The van der Waals surface area contributed by atoms with Crippen LogP contribution in [-0.4, -0.2) is 32.1 Å². The molecule has 7 aromatic carbocycles. The van der Waals surface area contributed by atoms with Gasteiger partial charge in [0.25, 0.3) is 0 Å². The first-order valence-corrected chi connectivity index (χ1v) is 22.0. The van der Waals surface area contributed by atoms with Gasteiger partial charge >= 0.3 is 0 Å². The molecular weight excluding hydrogens is 747 g/mol. The average molecular weight is 806 g/mol. The SMILES string of the molecule is Cc1cc(C)c(Nc2ccc(C(c3ccc(N(CC4CO4)c4c(C)cc(C)cc4C)cc3)c3ccc(N(c4c(C)cc(C)cc4C)C4CCO4)cc3)c3ccccc23)c(C)c1. The van der Waals surface area contributed by atoms with Crippen molar-refractivity contribution in [2.45, 2.75) is 87.0 Å². The summed E-state index contributed by atoms with van der Waals surface area (Å²) in [5.41, 5.74) is 22.3. The Morgan fingerprint density at radius 3 is 1.56 bits per heavy atom. The number of benzene rings is 7. The Labute approximate surface area is 363 Å². The fourth-order valence-corrected chi connectivity index (χ4v) is 10.1. The minimum Gasteiger partial charge on any atom is -0.371 e. The highest BCUT2D eigenvalue weighted by atomic mass is 16.6. The molecule has 0 amide bonds. The van der Waals surface area contributed by atoms with Crippen molar-refractivity contribution < 1.29 is 9.47 Å². The summed E-state index contributed by atoms with van der Waals surface area (Å²) in [5, 5.41) is 6.30. The van der Waals surface area contributed by atoms with Gasteiger partial charge in [0.15, 0.2) is 0 Å². The van der Waals surface area contributed by atoms with Gasteiger partial charge in [0.1, 0.15) is 6.23 Å². The summed E-state index contributed by atoms with van der Waals surface area (Å²) in [7, 11) is 0. The van der Waals surface area contributed by atoms with E-state index in [0.717, 1.165) is 37.6 Å². The van der Waals surface area contributed by atoms with Crippen LogP contribution >= 0.6 is 0 Å². The summed E-state index contributed by atoms with van der Waals surface area (Å²) in [5.74, 6) is -0.0239. The number of aryl methyl sites for hydroxylation is 9. The third kappa shape index (κ3) is 8.05. The minimum atomic E-state index is -0.0239. The summed E-state index contributed by atoms with van der Waals surface area (Å²) in [6, 6.07) is 45.8. The zero-order valence-electron chi connectivity index (χ0n) is 37.3. The molecular formula is C56H59N3O2. The van der Waals surface area contributed by atoms with Gasteiger partial charge in [0.2, 0.25) is 0 Å². The smallest absolute Gasteiger partial charge is 0.136 e. The monoisotopic (exact) mass is 805 g/mol. The van der Waals surface area contributed by atoms with Crippen LogP contribution in [0.4, 0.5) is 34.1 Å². The molecule has 0 spiro atoms. The molecule has 0 aromatic heterocycles. The number of hydrogen-bond acceptors (Lipinski definition) is 5. The molecule has 0 aliphatic carbocycles. The van der Waals surface area contributed by atoms with Crippen LogP contribution in [0.25, 0.3) is 10.8 Å². The van der Waals surface area contributed by atoms with Crippen molar-refractivity contribution in [2.75, 3.05) is 34.9 Å². The molecule has 2 aliphatic heterocycles. The Kier molecular flexibility index (Phi) is 11.0. The van der Waals surface area contributed by atoms with E-state index in [4.69, 9.17) is 9.47 Å². The molecule has 3 atom stereocenters. The molecule has 0 saturated carbocycles. The molecule has 2 aliphatic rings. The highest BCUT2D eigenvalue weighted by Crippen LogP contribution is 2.43. The Bertz CT molecular complexity index is 2680. The van der Waals surface area contributed by atoms with E-state index in [1.165, 1.54) is 100 Å². The number of epoxide rings is 1. The Hall–Kier alpha value is -5.88. The van der Waals surface area contributed by atoms with Gasteiger partial charge < -0.3 is 24.6 Å². The Morgan fingerprint density at radius 1 is 0.557 bits per heavy atom. The van der Waals surface area contributed by atoms with Crippen molar-refractivity contribution in [1.29, 1.82) is 0 Å². The first-order valence-electron chi connectivity index (χ1n) is 22.0. The van der Waals surface area contributed by atoms with E-state index in [9.17, 15) is 0 Å². The predicted octanol–water partition coefficient (Wildman–Crippen LogP) is 14.0. The molecule has 2 fully saturated rings. The van der Waals surface area contributed by atoms with Gasteiger partial charge in [0.05, 0.1) is 25.9 Å². The van der Waals surface area contributed by atoms with Crippen LogP contribution in [0.3, 0.4) is 0 Å². The molecule has 2 heterocycles. The lowest BCUT2D eigenvalue weighted by Crippen LogP contribution is -2.42. The fraction of sp³-hybridized carbons (Fsp3) is 0.286. The number of fused-ring (bicyclic) bond motifs is 1. The van der Waals surface area contributed by atoms with Gasteiger partial charge in [-0.25, -0.2) is 0 Å². The van der Waals surface area contributed by atoms with Gasteiger partial charge in [-0.1, -0.05) is 108 Å². The first kappa shape index (κ1) is 40.5. The lowest BCUT2D eigenvalue weighted by molar-refractivity contribution is -0.0451. The molecule has 0 bridgehead atoms. The number of hydrogen-bond donors (Lipinski definition) is 1. The highest BCUT2D eigenvalue weighted by Gasteiger charge is 2.31. The zero-order valence-corrected chi connectivity index (χ0v) is 37.3. The maximum absolute atomic E-state index is 6.20. The van der Waals surface area contributed by atoms with Crippen LogP contribution in [0.2, 0.25) is 0 Å². The molecule has 5 heteroatoms. The van der Waals surface area contributed by atoms with E-state index < -0.39 is 0 Å². The van der Waals surface area contributed by atoms with Gasteiger partial charge in [-0.15, -0.1) is 0 Å². The molecule has 9 rings (SSSR count). The number of rotatable bonds is 12. The molecule has 7 aromatic rings. The van der Waals surface area contributed by atoms with Crippen molar-refractivity contribution in [2.24, 2.45) is 0 Å². The van der Waals surface area contributed by atoms with Crippen molar-refractivity contribution in [3.63, 3.8) is 0 Å². The molecule has 1 N–H and O–H groups in total. The predicted molar refractivity (Wildman–Crippen MR) is 256 cm³/mol. The second-order valence-corrected chi connectivity index (χ2v) is 17.8. The van der Waals surface area contributed by atoms with Crippen LogP contribution in [0.15, 0.2) is 121 Å². The van der Waals surface area contributed by atoms with E-state index >= 15 is 0 Å². The second kappa shape index (κ2) is 16.5. The molecule has 3 unspecified atom stereocenters. The fourth-order valence-electron chi connectivity index (χ4n) is 10.1. The Balaban J connectivity index is 1.16. The van der Waals surface area contributed by atoms with Gasteiger partial charge in [-0.3, -0.25) is 0 Å². The number of nitrogens with one attached hydrogen (secondary N) is 1. The number of anilines is 6. The zero-order chi connectivity index (χ0) is 42.5. The summed E-state index contributed by atoms with van der Waals surface area (Å²) in [4.78, 5) is 4.88. The summed E-state index contributed by atoms with van der Waals surface area (Å²) in [6.45, 7) is 22.3. The van der Waals surface area contributed by atoms with E-state index in [-0.39, 0.29) is 18.2 Å². The summed E-state index contributed by atoms with van der Waals surface area (Å²) < 4.78 is 12.0. The largest absolute Gasteiger partial charge is 0.371 e. The van der Waals surface area contributed by atoms with E-state index in [0.29, 0.717) is 0 Å². The molecule has 0 radical (unpaired) electrons. The van der Waals surface area contributed by atoms with Gasteiger partial charge in [0, 0.05) is 51.8 Å². The highest BCUT2D eigenvalue weighted by molar-refractivity contribution is 5.98. The van der Waals surface area contributed by atoms with Crippen molar-refractivity contribution in [1.82, 2.24) is 0 Å². The third-order valence-corrected chi connectivity index (χ3v) is 12.8. The lowest BCUT2D eigenvalue weighted by atomic mass is 9.82. The van der Waals surface area contributed by atoms with Crippen LogP contribution in [0.1, 0.15) is 79.1 Å². The minimum absolute atomic E-state index is 0.0175. The maximum Gasteiger partial charge on any atom is 0.136 e. The molecule has 5 nitrogen and oxygen atoms in total. The maximum atomic E-state index is 6.20. The topological polar surface area (TPSA) is 40.3 Å². The summed E-state index contributed by atoms with van der Waals surface area (Å²) in [6.07, 6.45) is 1.27. The van der Waals surface area contributed by atoms with E-state index in [1.807, 2.05) is 0 Å². The van der Waals surface area contributed by atoms with Crippen molar-refractivity contribution in [3.8, 4) is 0 Å². The van der Waals surface area contributed by atoms with Gasteiger partial charge in [-0.2, -0.15) is 0 Å². The molecule has 61 heavy (non-hydrogen) atoms. The van der Waals surface area contributed by atoms with Gasteiger partial charge in [-0.05, 0) is 148 Å². The number of ether oxygens (including phenoxy) is 2. The lowest BCUT2D eigenvalue weighted by Gasteiger charge is -2.40. The normalized spacial score (nSPS) is 16.3. The molecule has 310 valence electrons. The first-order chi connectivity index (χ1) is 29.4. The van der Waals surface area contributed by atoms with Crippen LogP contribution in [0.5, 0.6) is 0 Å². The van der Waals surface area contributed by atoms with Crippen molar-refractivity contribution >= 4 is 44.9 Å². The van der Waals surface area contributed by atoms with Crippen molar-refractivity contribution in [3.05, 3.63) is 188 Å². The molecule has 2 saturated heterocycles. The average Bonchev–Trinajstić information content (AvgIpc) is 4.03. The quantitative estimate of drug-likeness (QED) is 0.0984.